The number of aromatic nitrogens is 4. The average Bonchev–Trinajstić information content (AvgIpc) is 3.22. The molecule has 0 bridgehead atoms. The summed E-state index contributed by atoms with van der Waals surface area (Å²) in [7, 11) is 0. The molecule has 0 amide bonds. The van der Waals surface area contributed by atoms with Gasteiger partial charge in [0, 0.05) is 29.5 Å². The molecule has 0 saturated heterocycles. The third-order valence-corrected chi connectivity index (χ3v) is 6.17. The second-order valence-corrected chi connectivity index (χ2v) is 8.94. The summed E-state index contributed by atoms with van der Waals surface area (Å²) in [5.74, 6) is 1.76. The fourth-order valence-electron chi connectivity index (χ4n) is 2.50. The molecule has 2 heterocycles. The number of hydrogen-bond acceptors (Lipinski definition) is 5. The van der Waals surface area contributed by atoms with Crippen molar-refractivity contribution in [3.8, 4) is 0 Å². The number of thiazole rings is 1. The number of nitrogens with zero attached hydrogens (tertiary/aromatic N) is 4. The van der Waals surface area contributed by atoms with Crippen LogP contribution in [0.25, 0.3) is 0 Å². The molecule has 0 saturated carbocycles. The average molecular weight is 385 g/mol. The van der Waals surface area contributed by atoms with Gasteiger partial charge >= 0.3 is 0 Å². The maximum atomic E-state index is 4.77. The Morgan fingerprint density at radius 2 is 1.96 bits per heavy atom. The maximum Gasteiger partial charge on any atom is 0.191 e. The minimum Gasteiger partial charge on any atom is -0.302 e. The van der Waals surface area contributed by atoms with Gasteiger partial charge in [-0.25, -0.2) is 4.98 Å². The first-order valence-electron chi connectivity index (χ1n) is 8.62. The molecule has 3 rings (SSSR count). The molecule has 0 radical (unpaired) electrons. The van der Waals surface area contributed by atoms with Crippen LogP contribution in [0, 0.1) is 0 Å². The SMILES string of the molecule is C=CCn1c(Cc2ccccc2)nnc1SCc1csc(C(C)(C)C)n1. The summed E-state index contributed by atoms with van der Waals surface area (Å²) in [5.41, 5.74) is 2.43. The van der Waals surface area contributed by atoms with Crippen molar-refractivity contribution in [3.05, 3.63) is 70.5 Å². The van der Waals surface area contributed by atoms with E-state index in [1.165, 1.54) is 10.6 Å². The molecule has 0 fully saturated rings. The summed E-state index contributed by atoms with van der Waals surface area (Å²) >= 11 is 3.41. The third-order valence-electron chi connectivity index (χ3n) is 3.85. The first-order chi connectivity index (χ1) is 12.5. The van der Waals surface area contributed by atoms with Crippen molar-refractivity contribution in [2.24, 2.45) is 0 Å². The van der Waals surface area contributed by atoms with Crippen molar-refractivity contribution in [1.29, 1.82) is 0 Å². The summed E-state index contributed by atoms with van der Waals surface area (Å²) in [6.45, 7) is 11.2. The topological polar surface area (TPSA) is 43.6 Å². The van der Waals surface area contributed by atoms with Crippen LogP contribution in [0.3, 0.4) is 0 Å². The Morgan fingerprint density at radius 3 is 2.62 bits per heavy atom. The van der Waals surface area contributed by atoms with Crippen molar-refractivity contribution in [2.75, 3.05) is 0 Å². The summed E-state index contributed by atoms with van der Waals surface area (Å²) in [5, 5.41) is 13.1. The lowest BCUT2D eigenvalue weighted by Gasteiger charge is -2.13. The Hall–Kier alpha value is -1.92. The van der Waals surface area contributed by atoms with E-state index >= 15 is 0 Å². The fourth-order valence-corrected chi connectivity index (χ4v) is 4.38. The van der Waals surface area contributed by atoms with E-state index in [4.69, 9.17) is 4.98 Å². The maximum absolute atomic E-state index is 4.77. The van der Waals surface area contributed by atoms with Crippen LogP contribution in [0.2, 0.25) is 0 Å². The Bertz CT molecular complexity index is 860. The lowest BCUT2D eigenvalue weighted by Crippen LogP contribution is -2.10. The van der Waals surface area contributed by atoms with E-state index in [2.05, 4.69) is 59.6 Å². The van der Waals surface area contributed by atoms with Crippen LogP contribution in [0.4, 0.5) is 0 Å². The van der Waals surface area contributed by atoms with Gasteiger partial charge < -0.3 is 4.57 Å². The van der Waals surface area contributed by atoms with Gasteiger partial charge in [0.2, 0.25) is 0 Å². The molecule has 3 aromatic rings. The highest BCUT2D eigenvalue weighted by atomic mass is 32.2. The van der Waals surface area contributed by atoms with E-state index in [9.17, 15) is 0 Å². The molecule has 0 unspecified atom stereocenters. The van der Waals surface area contributed by atoms with E-state index < -0.39 is 0 Å². The zero-order chi connectivity index (χ0) is 18.6. The first-order valence-corrected chi connectivity index (χ1v) is 10.5. The van der Waals surface area contributed by atoms with Gasteiger partial charge in [0.25, 0.3) is 0 Å². The van der Waals surface area contributed by atoms with Crippen LogP contribution in [-0.4, -0.2) is 19.7 Å². The predicted molar refractivity (Wildman–Crippen MR) is 110 cm³/mol. The molecule has 6 heteroatoms. The van der Waals surface area contributed by atoms with Gasteiger partial charge in [-0.2, -0.15) is 0 Å². The van der Waals surface area contributed by atoms with E-state index in [1.807, 2.05) is 24.3 Å². The van der Waals surface area contributed by atoms with Crippen molar-refractivity contribution in [1.82, 2.24) is 19.7 Å². The molecule has 136 valence electrons. The molecular weight excluding hydrogens is 360 g/mol. The molecule has 0 aliphatic heterocycles. The van der Waals surface area contributed by atoms with Gasteiger partial charge in [0.15, 0.2) is 5.16 Å². The number of rotatable bonds is 7. The van der Waals surface area contributed by atoms with Gasteiger partial charge in [0.05, 0.1) is 10.7 Å². The van der Waals surface area contributed by atoms with Crippen LogP contribution in [0.1, 0.15) is 42.9 Å². The van der Waals surface area contributed by atoms with Crippen LogP contribution in [-0.2, 0) is 24.1 Å². The van der Waals surface area contributed by atoms with Crippen molar-refractivity contribution < 1.29 is 0 Å². The third kappa shape index (κ3) is 4.62. The highest BCUT2D eigenvalue weighted by Gasteiger charge is 2.18. The zero-order valence-electron chi connectivity index (χ0n) is 15.5. The number of hydrogen-bond donors (Lipinski definition) is 0. The van der Waals surface area contributed by atoms with Gasteiger partial charge in [-0.05, 0) is 5.56 Å². The lowest BCUT2D eigenvalue weighted by atomic mass is 9.98. The molecule has 0 aliphatic rings. The summed E-state index contributed by atoms with van der Waals surface area (Å²) < 4.78 is 2.14. The van der Waals surface area contributed by atoms with Gasteiger partial charge in [0.1, 0.15) is 5.82 Å². The molecular formula is C20H24N4S2. The summed E-state index contributed by atoms with van der Waals surface area (Å²) in [6, 6.07) is 10.4. The van der Waals surface area contributed by atoms with Crippen LogP contribution >= 0.6 is 23.1 Å². The standard InChI is InChI=1S/C20H24N4S2/c1-5-11-24-17(12-15-9-7-6-8-10-15)22-23-19(24)26-14-16-13-25-18(21-16)20(2,3)4/h5-10,13H,1,11-12,14H2,2-4H3. The van der Waals surface area contributed by atoms with Gasteiger partial charge in [-0.1, -0.05) is 68.9 Å². The van der Waals surface area contributed by atoms with Crippen LogP contribution in [0.15, 0.2) is 53.5 Å². The lowest BCUT2D eigenvalue weighted by molar-refractivity contribution is 0.584. The van der Waals surface area contributed by atoms with Gasteiger partial charge in [-0.3, -0.25) is 0 Å². The number of benzene rings is 1. The highest BCUT2D eigenvalue weighted by Crippen LogP contribution is 2.29. The molecule has 0 aliphatic carbocycles. The van der Waals surface area contributed by atoms with E-state index in [0.717, 1.165) is 28.8 Å². The normalized spacial score (nSPS) is 11.7. The molecule has 2 aromatic heterocycles. The molecule has 0 spiro atoms. The number of thioether (sulfide) groups is 1. The fraction of sp³-hybridized carbons (Fsp3) is 0.350. The van der Waals surface area contributed by atoms with E-state index in [0.29, 0.717) is 6.54 Å². The number of allylic oxidation sites excluding steroid dienone is 1. The smallest absolute Gasteiger partial charge is 0.191 e. The summed E-state index contributed by atoms with van der Waals surface area (Å²) in [6.07, 6.45) is 2.66. The first kappa shape index (κ1) is 18.9. The molecule has 0 N–H and O–H groups in total. The Labute approximate surface area is 163 Å². The van der Waals surface area contributed by atoms with Crippen LogP contribution < -0.4 is 0 Å². The van der Waals surface area contributed by atoms with Crippen molar-refractivity contribution in [3.63, 3.8) is 0 Å². The zero-order valence-corrected chi connectivity index (χ0v) is 17.1. The van der Waals surface area contributed by atoms with E-state index in [1.54, 1.807) is 23.1 Å². The van der Waals surface area contributed by atoms with Crippen molar-refractivity contribution in [2.45, 2.75) is 50.1 Å². The Balaban J connectivity index is 1.73. The second kappa shape index (κ2) is 8.18. The largest absolute Gasteiger partial charge is 0.302 e. The Kier molecular flexibility index (Phi) is 5.94. The molecule has 0 atom stereocenters. The predicted octanol–water partition coefficient (Wildman–Crippen LogP) is 5.10. The Morgan fingerprint density at radius 1 is 1.19 bits per heavy atom. The van der Waals surface area contributed by atoms with Crippen molar-refractivity contribution >= 4 is 23.1 Å². The summed E-state index contributed by atoms with van der Waals surface area (Å²) in [4.78, 5) is 4.77. The highest BCUT2D eigenvalue weighted by molar-refractivity contribution is 7.98. The second-order valence-electron chi connectivity index (χ2n) is 7.14. The van der Waals surface area contributed by atoms with Crippen LogP contribution in [0.5, 0.6) is 0 Å². The minimum absolute atomic E-state index is 0.0965. The molecule has 1 aromatic carbocycles. The van der Waals surface area contributed by atoms with Gasteiger partial charge in [-0.15, -0.1) is 28.1 Å². The quantitative estimate of drug-likeness (QED) is 0.420. The monoisotopic (exact) mass is 384 g/mol. The molecule has 4 nitrogen and oxygen atoms in total. The molecule has 26 heavy (non-hydrogen) atoms. The van der Waals surface area contributed by atoms with E-state index in [-0.39, 0.29) is 5.41 Å². The minimum atomic E-state index is 0.0965.